The number of imide groups is 1. The van der Waals surface area contributed by atoms with Gasteiger partial charge in [-0.25, -0.2) is 9.59 Å². The molecule has 1 aliphatic carbocycles. The highest BCUT2D eigenvalue weighted by atomic mass is 35.5. The topological polar surface area (TPSA) is 220 Å². The second kappa shape index (κ2) is 22.5. The van der Waals surface area contributed by atoms with E-state index in [4.69, 9.17) is 40.1 Å². The van der Waals surface area contributed by atoms with E-state index in [1.54, 1.807) is 26.1 Å². The first-order valence-electron chi connectivity index (χ1n) is 24.3. The van der Waals surface area contributed by atoms with Gasteiger partial charge in [0.05, 0.1) is 42.3 Å². The summed E-state index contributed by atoms with van der Waals surface area (Å²) in [4.78, 5) is 99.8. The molecule has 6 aliphatic rings. The molecule has 5 heterocycles. The smallest absolute Gasteiger partial charge is 0.409 e. The molecular formula is C50H67ClN4O14S. The third-order valence-corrected chi connectivity index (χ3v) is 16.6. The van der Waals surface area contributed by atoms with Gasteiger partial charge in [-0.15, -0.1) is 16.8 Å². The summed E-state index contributed by atoms with van der Waals surface area (Å²) in [7, 11) is 4.58. The van der Waals surface area contributed by atoms with Crippen LogP contribution < -0.4 is 15.0 Å². The minimum atomic E-state index is -1.82. The van der Waals surface area contributed by atoms with Crippen LogP contribution in [0.2, 0.25) is 5.02 Å². The number of Topliss-reactive ketones (excluding diaryl/α,β-unsaturated/α-hetero) is 1. The fourth-order valence-corrected chi connectivity index (χ4v) is 11.9. The number of thioether (sulfide) groups is 1. The van der Waals surface area contributed by atoms with Crippen LogP contribution in [-0.4, -0.2) is 144 Å². The van der Waals surface area contributed by atoms with Gasteiger partial charge in [0, 0.05) is 76.9 Å². The standard InChI is InChI=1S/C50H67ClN4O14S/c1-28-9-8-10-40(65-7)50(63)26-38(67-48(62)52-50)29(2)45-49(4,68-45)34(25-43(59)53(5)35-22-32(21-28)23-37(64-6)44(35)51)24-36(56)30(3)66-19-20-70-39-17-18-54(46(39)60)27-31-11-13-33(14-12-31)47(61)69-55-41(57)15-16-42(55)58/h8-10,22-23,29-31,33-34,38-40,45,63H,11-21,24-27H2,1-7H3,(H,52,62)/b10-8+,28-9+/t29-,30+,31?,33?,34+,38?,39?,40-,45+,49+,50+/m1/s1. The van der Waals surface area contributed by atoms with Gasteiger partial charge >= 0.3 is 12.1 Å². The predicted molar refractivity (Wildman–Crippen MR) is 257 cm³/mol. The fourth-order valence-electron chi connectivity index (χ4n) is 10.5. The van der Waals surface area contributed by atoms with Gasteiger partial charge in [0.2, 0.25) is 11.8 Å². The van der Waals surface area contributed by atoms with E-state index >= 15 is 0 Å². The first-order chi connectivity index (χ1) is 33.2. The summed E-state index contributed by atoms with van der Waals surface area (Å²) in [5.74, 6) is -2.50. The molecule has 7 rings (SSSR count). The predicted octanol–water partition coefficient (Wildman–Crippen LogP) is 5.48. The molecule has 0 spiro atoms. The number of halogens is 1. The van der Waals surface area contributed by atoms with Crippen molar-refractivity contribution in [3.8, 4) is 5.75 Å². The van der Waals surface area contributed by atoms with Crippen LogP contribution in [0.1, 0.15) is 97.5 Å². The largest absolute Gasteiger partial charge is 0.495 e. The van der Waals surface area contributed by atoms with Crippen molar-refractivity contribution in [2.24, 2.45) is 23.7 Å². The Morgan fingerprint density at radius 3 is 2.44 bits per heavy atom. The first-order valence-corrected chi connectivity index (χ1v) is 25.7. The number of epoxide rings is 1. The van der Waals surface area contributed by atoms with E-state index in [0.29, 0.717) is 61.0 Å². The van der Waals surface area contributed by atoms with Crippen LogP contribution in [0.25, 0.3) is 0 Å². The summed E-state index contributed by atoms with van der Waals surface area (Å²) in [5.41, 5.74) is -0.637. The Bertz CT molecular complexity index is 2240. The Morgan fingerprint density at radius 2 is 1.76 bits per heavy atom. The number of nitrogens with zero attached hydrogens (tertiary/aromatic N) is 3. The zero-order chi connectivity index (χ0) is 50.7. The molecule has 1 saturated carbocycles. The van der Waals surface area contributed by atoms with Gasteiger partial charge in [0.1, 0.15) is 29.1 Å². The number of aliphatic hydroxyl groups is 1. The molecule has 20 heteroatoms. The minimum absolute atomic E-state index is 0.0272. The third kappa shape index (κ3) is 12.0. The van der Waals surface area contributed by atoms with Crippen LogP contribution in [0, 0.1) is 23.7 Å². The number of hydroxylamine groups is 2. The molecule has 5 amide bonds. The number of carbonyl (C=O) groups is 7. The number of ether oxygens (including phenoxy) is 5. The maximum atomic E-state index is 14.4. The lowest BCUT2D eigenvalue weighted by Gasteiger charge is -2.42. The van der Waals surface area contributed by atoms with Crippen molar-refractivity contribution in [1.82, 2.24) is 15.3 Å². The van der Waals surface area contributed by atoms with Gasteiger partial charge in [-0.3, -0.25) is 29.3 Å². The molecule has 2 N–H and O–H groups in total. The molecule has 4 saturated heterocycles. The highest BCUT2D eigenvalue weighted by molar-refractivity contribution is 8.00. The van der Waals surface area contributed by atoms with Gasteiger partial charge < -0.3 is 43.4 Å². The number of alkyl carbamates (subject to hydrolysis) is 1. The third-order valence-electron chi connectivity index (χ3n) is 14.9. The normalized spacial score (nSPS) is 33.5. The summed E-state index contributed by atoms with van der Waals surface area (Å²) < 4.78 is 29.6. The molecule has 5 fully saturated rings. The van der Waals surface area contributed by atoms with E-state index in [0.717, 1.165) is 24.0 Å². The Kier molecular flexibility index (Phi) is 17.1. The lowest BCUT2D eigenvalue weighted by atomic mass is 9.78. The zero-order valence-electron chi connectivity index (χ0n) is 41.1. The number of hydrogen-bond donors (Lipinski definition) is 2. The summed E-state index contributed by atoms with van der Waals surface area (Å²) >= 11 is 8.33. The van der Waals surface area contributed by atoms with E-state index in [-0.39, 0.29) is 72.5 Å². The number of ketones is 1. The lowest BCUT2D eigenvalue weighted by Crippen LogP contribution is -2.63. The van der Waals surface area contributed by atoms with Gasteiger partial charge in [-0.05, 0) is 82.9 Å². The van der Waals surface area contributed by atoms with Crippen LogP contribution in [0.5, 0.6) is 5.75 Å². The molecule has 9 atom stereocenters. The Morgan fingerprint density at radius 1 is 1.04 bits per heavy atom. The van der Waals surface area contributed by atoms with E-state index in [9.17, 15) is 38.7 Å². The molecule has 0 aromatic heterocycles. The van der Waals surface area contributed by atoms with Gasteiger partial charge in [-0.1, -0.05) is 42.3 Å². The number of hydrogen-bond acceptors (Lipinski definition) is 15. The van der Waals surface area contributed by atoms with E-state index in [1.807, 2.05) is 43.9 Å². The van der Waals surface area contributed by atoms with Gasteiger partial charge in [-0.2, -0.15) is 0 Å². The summed E-state index contributed by atoms with van der Waals surface area (Å²) in [6.07, 6.45) is 4.93. The van der Waals surface area contributed by atoms with Crippen molar-refractivity contribution < 1.29 is 67.2 Å². The fraction of sp³-hybridized carbons (Fsp3) is 0.660. The Balaban J connectivity index is 0.965. The van der Waals surface area contributed by atoms with Gasteiger partial charge in [0.15, 0.2) is 11.5 Å². The van der Waals surface area contributed by atoms with Crippen LogP contribution in [0.15, 0.2) is 35.9 Å². The Hall–Kier alpha value is -4.53. The van der Waals surface area contributed by atoms with Crippen molar-refractivity contribution in [3.05, 3.63) is 46.5 Å². The molecule has 0 radical (unpaired) electrons. The summed E-state index contributed by atoms with van der Waals surface area (Å²) in [6, 6.07) is 3.64. The van der Waals surface area contributed by atoms with Crippen LogP contribution >= 0.6 is 23.4 Å². The highest BCUT2D eigenvalue weighted by Gasteiger charge is 2.63. The molecule has 70 heavy (non-hydrogen) atoms. The van der Waals surface area contributed by atoms with Crippen LogP contribution in [0.4, 0.5) is 10.5 Å². The molecule has 1 aromatic carbocycles. The number of likely N-dealkylation sites (tertiary alicyclic amines) is 1. The van der Waals surface area contributed by atoms with Crippen molar-refractivity contribution in [1.29, 1.82) is 0 Å². The number of carbonyl (C=O) groups excluding carboxylic acids is 7. The molecule has 384 valence electrons. The number of fused-ring (bicyclic) bond motifs is 5. The van der Waals surface area contributed by atoms with Gasteiger partial charge in [0.25, 0.3) is 11.8 Å². The van der Waals surface area contributed by atoms with E-state index in [2.05, 4.69) is 5.32 Å². The number of nitrogens with one attached hydrogen (secondary N) is 1. The average Bonchev–Trinajstić information content (AvgIpc) is 3.78. The monoisotopic (exact) mass is 1010 g/mol. The van der Waals surface area contributed by atoms with Crippen molar-refractivity contribution in [2.75, 3.05) is 51.6 Å². The number of methoxy groups -OCH3 is 2. The van der Waals surface area contributed by atoms with Crippen LogP contribution in [0.3, 0.4) is 0 Å². The number of anilines is 1. The highest BCUT2D eigenvalue weighted by Crippen LogP contribution is 2.52. The second-order valence-electron chi connectivity index (χ2n) is 19.8. The number of amides is 5. The summed E-state index contributed by atoms with van der Waals surface area (Å²) in [5, 5.41) is 15.0. The number of allylic oxidation sites excluding steroid dienone is 3. The molecule has 2 unspecified atom stereocenters. The van der Waals surface area contributed by atoms with Crippen molar-refractivity contribution in [2.45, 2.75) is 139 Å². The maximum absolute atomic E-state index is 14.4. The maximum Gasteiger partial charge on any atom is 0.409 e. The molecule has 1 aromatic rings. The number of benzene rings is 1. The Labute approximate surface area is 418 Å². The first kappa shape index (κ1) is 53.3. The number of rotatable bonds is 14. The minimum Gasteiger partial charge on any atom is -0.495 e. The average molecular weight is 1020 g/mol. The van der Waals surface area contributed by atoms with E-state index < -0.39 is 77.4 Å². The molecule has 18 nitrogen and oxygen atoms in total. The molecule has 5 aliphatic heterocycles. The lowest BCUT2D eigenvalue weighted by molar-refractivity contribution is -0.201. The molecular weight excluding hydrogens is 948 g/mol. The van der Waals surface area contributed by atoms with Crippen molar-refractivity contribution >= 4 is 70.5 Å². The molecule has 4 bridgehead atoms. The summed E-state index contributed by atoms with van der Waals surface area (Å²) in [6.45, 7) is 8.73. The van der Waals surface area contributed by atoms with E-state index in [1.165, 1.54) is 30.9 Å². The zero-order valence-corrected chi connectivity index (χ0v) is 42.6. The SMILES string of the molecule is COc1cc2cc(c1Cl)N(C)C(=O)C[C@H](CC(=O)[C@H](C)OCCSC1CCN(CC3CCC(C(=O)ON4C(=O)CCC4=O)CC3)C1=O)[C@]1(C)O[C@H]1[C@H](C)C1C[C@@](O)(NC(=O)O1)[C@H](OC)/C=C/C=C(\C)C2. The quantitative estimate of drug-likeness (QED) is 0.134. The second-order valence-corrected chi connectivity index (χ2v) is 21.5. The van der Waals surface area contributed by atoms with Crippen molar-refractivity contribution in [3.63, 3.8) is 0 Å². The van der Waals surface area contributed by atoms with Crippen LogP contribution in [-0.2, 0) is 59.0 Å².